The van der Waals surface area contributed by atoms with Crippen LogP contribution in [0.15, 0.2) is 12.4 Å². The van der Waals surface area contributed by atoms with E-state index in [2.05, 4.69) is 20.0 Å². The summed E-state index contributed by atoms with van der Waals surface area (Å²) < 4.78 is 60.3. The van der Waals surface area contributed by atoms with Gasteiger partial charge in [-0.05, 0) is 30.6 Å². The summed E-state index contributed by atoms with van der Waals surface area (Å²) in [4.78, 5) is 15.4. The van der Waals surface area contributed by atoms with Gasteiger partial charge in [0.1, 0.15) is 6.79 Å². The molecule has 1 saturated carbocycles. The molecule has 7 nitrogen and oxygen atoms in total. The molecule has 5 rings (SSSR count). The van der Waals surface area contributed by atoms with E-state index in [0.29, 0.717) is 35.0 Å². The van der Waals surface area contributed by atoms with Crippen molar-refractivity contribution in [3.8, 4) is 0 Å². The molecule has 29 heavy (non-hydrogen) atoms. The van der Waals surface area contributed by atoms with Gasteiger partial charge in [0, 0.05) is 37.8 Å². The number of sulfone groups is 1. The number of alkyl halides is 3. The zero-order chi connectivity index (χ0) is 21.1. The second-order valence-electron chi connectivity index (χ2n) is 9.05. The molecule has 1 aromatic rings. The first kappa shape index (κ1) is 20.7. The Morgan fingerprint density at radius 3 is 2.00 bits per heavy atom. The fourth-order valence-electron chi connectivity index (χ4n) is 5.40. The van der Waals surface area contributed by atoms with E-state index in [0.717, 1.165) is 45.2 Å². The van der Waals surface area contributed by atoms with Crippen LogP contribution in [0.25, 0.3) is 0 Å². The van der Waals surface area contributed by atoms with Crippen molar-refractivity contribution in [3.05, 3.63) is 23.8 Å². The van der Waals surface area contributed by atoms with E-state index in [9.17, 15) is 21.6 Å². The van der Waals surface area contributed by atoms with Crippen molar-refractivity contribution in [2.24, 2.45) is 16.7 Å². The summed E-state index contributed by atoms with van der Waals surface area (Å²) in [6.07, 6.45) is 0.430. The fourth-order valence-corrected chi connectivity index (χ4v) is 7.55. The van der Waals surface area contributed by atoms with Gasteiger partial charge in [-0.15, -0.1) is 0 Å². The van der Waals surface area contributed by atoms with Crippen LogP contribution < -0.4 is 0 Å². The lowest BCUT2D eigenvalue weighted by Gasteiger charge is -2.66. The molecule has 11 heteroatoms. The molecule has 0 N–H and O–H groups in total. The van der Waals surface area contributed by atoms with Crippen molar-refractivity contribution >= 4 is 16.6 Å². The summed E-state index contributed by atoms with van der Waals surface area (Å²) in [7, 11) is -2.77. The largest absolute Gasteiger partial charge is 0.434 e. The third-order valence-electron chi connectivity index (χ3n) is 6.46. The van der Waals surface area contributed by atoms with Crippen LogP contribution in [0.1, 0.15) is 24.2 Å². The van der Waals surface area contributed by atoms with Crippen molar-refractivity contribution in [2.75, 3.05) is 37.7 Å². The van der Waals surface area contributed by atoms with Crippen LogP contribution in [-0.2, 0) is 27.2 Å². The van der Waals surface area contributed by atoms with Gasteiger partial charge in [0.2, 0.25) is 0 Å². The van der Waals surface area contributed by atoms with Gasteiger partial charge in [0.25, 0.3) is 0 Å². The summed E-state index contributed by atoms with van der Waals surface area (Å²) >= 11 is 0. The zero-order valence-corrected chi connectivity index (χ0v) is 16.7. The number of hydrazine groups is 1. The molecular weight excluding hydrogens is 409 g/mol. The molecule has 0 aromatic carbocycles. The van der Waals surface area contributed by atoms with Crippen LogP contribution in [0, 0.1) is 16.7 Å². The van der Waals surface area contributed by atoms with Gasteiger partial charge in [0.05, 0.1) is 23.4 Å². The highest BCUT2D eigenvalue weighted by Crippen LogP contribution is 2.54. The number of hydrogen-bond acceptors (Lipinski definition) is 7. The van der Waals surface area contributed by atoms with Crippen molar-refractivity contribution < 1.29 is 26.4 Å². The van der Waals surface area contributed by atoms with Gasteiger partial charge in [-0.3, -0.25) is 4.98 Å². The zero-order valence-electron chi connectivity index (χ0n) is 15.9. The maximum absolute atomic E-state index is 12.5. The molecular formula is C18H23F3N4O3S. The Hall–Kier alpha value is -1.59. The van der Waals surface area contributed by atoms with E-state index in [1.165, 1.54) is 6.20 Å². The molecule has 3 saturated heterocycles. The lowest BCUT2D eigenvalue weighted by Crippen LogP contribution is -2.77. The normalized spacial score (nSPS) is 27.1. The van der Waals surface area contributed by atoms with Gasteiger partial charge in [-0.1, -0.05) is 0 Å². The molecule has 1 aliphatic carbocycles. The number of carbonyl (C=O) groups is 1. The molecule has 4 fully saturated rings. The van der Waals surface area contributed by atoms with Crippen molar-refractivity contribution in [1.29, 1.82) is 0 Å². The van der Waals surface area contributed by atoms with Gasteiger partial charge >= 0.3 is 6.18 Å². The monoisotopic (exact) mass is 432 g/mol. The van der Waals surface area contributed by atoms with E-state index in [-0.39, 0.29) is 5.41 Å². The molecule has 0 unspecified atom stereocenters. The van der Waals surface area contributed by atoms with E-state index in [1.807, 2.05) is 6.79 Å². The molecule has 0 atom stereocenters. The van der Waals surface area contributed by atoms with Crippen LogP contribution in [0.4, 0.5) is 13.2 Å². The highest BCUT2D eigenvalue weighted by molar-refractivity contribution is 7.92. The maximum atomic E-state index is 12.5. The average molecular weight is 432 g/mol. The second kappa shape index (κ2) is 6.71. The standard InChI is InChI=1S/C17H21F3N4O2S.CH2O/c18-17(19,20)14-5-21-13(4-22-14)1-12-2-15(3-12)6-23(7-15)24-8-16(9-24)10-27(25,26)11-16;1-2/h4-5,12H,1-3,6-11H2;1H2. The van der Waals surface area contributed by atoms with Gasteiger partial charge in [0.15, 0.2) is 15.5 Å². The molecule has 4 aliphatic rings. The summed E-state index contributed by atoms with van der Waals surface area (Å²) in [5, 5.41) is 4.60. The number of halogens is 3. The quantitative estimate of drug-likeness (QED) is 0.710. The Balaban J connectivity index is 0.000000994. The number of carbonyl (C=O) groups excluding carboxylic acids is 1. The summed E-state index contributed by atoms with van der Waals surface area (Å²) in [6.45, 7) is 5.72. The average Bonchev–Trinajstić information content (AvgIpc) is 2.53. The molecule has 0 bridgehead atoms. The Morgan fingerprint density at radius 1 is 1.00 bits per heavy atom. The minimum absolute atomic E-state index is 0.0188. The Bertz CT molecular complexity index is 857. The van der Waals surface area contributed by atoms with Crippen LogP contribution in [-0.4, -0.2) is 72.9 Å². The summed E-state index contributed by atoms with van der Waals surface area (Å²) in [6, 6.07) is 0. The molecule has 0 radical (unpaired) electrons. The predicted octanol–water partition coefficient (Wildman–Crippen LogP) is 1.21. The predicted molar refractivity (Wildman–Crippen MR) is 97.2 cm³/mol. The highest BCUT2D eigenvalue weighted by atomic mass is 32.2. The van der Waals surface area contributed by atoms with Crippen molar-refractivity contribution in [3.63, 3.8) is 0 Å². The van der Waals surface area contributed by atoms with E-state index >= 15 is 0 Å². The number of aromatic nitrogens is 2. The maximum Gasteiger partial charge on any atom is 0.434 e. The Labute approximate surface area is 167 Å². The summed E-state index contributed by atoms with van der Waals surface area (Å²) in [5.41, 5.74) is 0.0242. The molecule has 0 amide bonds. The van der Waals surface area contributed by atoms with Gasteiger partial charge in [-0.2, -0.15) is 13.2 Å². The molecule has 4 heterocycles. The van der Waals surface area contributed by atoms with Crippen LogP contribution >= 0.6 is 0 Å². The minimum atomic E-state index is -4.44. The molecule has 2 spiro atoms. The smallest absolute Gasteiger partial charge is 0.307 e. The van der Waals surface area contributed by atoms with E-state index in [4.69, 9.17) is 4.79 Å². The number of hydrogen-bond donors (Lipinski definition) is 0. The lowest BCUT2D eigenvalue weighted by molar-refractivity contribution is -0.242. The van der Waals surface area contributed by atoms with E-state index in [1.54, 1.807) is 0 Å². The van der Waals surface area contributed by atoms with Crippen molar-refractivity contribution in [1.82, 2.24) is 20.0 Å². The number of rotatable bonds is 3. The first-order valence-corrected chi connectivity index (χ1v) is 11.3. The SMILES string of the molecule is C=O.O=S1(=O)CC2(CN(N3CC4(CC(Cc5cnc(C(F)(F)F)cn5)C4)C3)C2)C1. The van der Waals surface area contributed by atoms with E-state index < -0.39 is 21.7 Å². The number of nitrogens with zero attached hydrogens (tertiary/aromatic N) is 4. The van der Waals surface area contributed by atoms with Gasteiger partial charge < -0.3 is 4.79 Å². The third kappa shape index (κ3) is 3.79. The van der Waals surface area contributed by atoms with Crippen LogP contribution in [0.3, 0.4) is 0 Å². The van der Waals surface area contributed by atoms with Crippen LogP contribution in [0.2, 0.25) is 0 Å². The molecule has 160 valence electrons. The molecule has 1 aromatic heterocycles. The third-order valence-corrected chi connectivity index (χ3v) is 8.57. The van der Waals surface area contributed by atoms with Gasteiger partial charge in [-0.25, -0.2) is 23.4 Å². The lowest BCUT2D eigenvalue weighted by atomic mass is 9.57. The summed E-state index contributed by atoms with van der Waals surface area (Å²) in [5.74, 6) is 1.13. The topological polar surface area (TPSA) is 83.5 Å². The highest BCUT2D eigenvalue weighted by Gasteiger charge is 2.61. The Morgan fingerprint density at radius 2 is 1.55 bits per heavy atom. The Kier molecular flexibility index (Phi) is 4.78. The minimum Gasteiger partial charge on any atom is -0.307 e. The van der Waals surface area contributed by atoms with Crippen LogP contribution in [0.5, 0.6) is 0 Å². The second-order valence-corrected chi connectivity index (χ2v) is 11.1. The first-order chi connectivity index (χ1) is 13.6. The fraction of sp³-hybridized carbons (Fsp3) is 0.722. The first-order valence-electron chi connectivity index (χ1n) is 9.43. The van der Waals surface area contributed by atoms with Crippen molar-refractivity contribution in [2.45, 2.75) is 25.4 Å². The molecule has 3 aliphatic heterocycles.